The number of likely N-dealkylation sites (tertiary alicyclic amines) is 1. The minimum absolute atomic E-state index is 0.00908. The van der Waals surface area contributed by atoms with Gasteiger partial charge in [-0.05, 0) is 12.8 Å². The van der Waals surface area contributed by atoms with Crippen molar-refractivity contribution in [3.8, 4) is 0 Å². The minimum Gasteiger partial charge on any atom is -0.460 e. The van der Waals surface area contributed by atoms with Gasteiger partial charge in [-0.3, -0.25) is 38.5 Å². The number of esters is 1. The first-order valence-electron chi connectivity index (χ1n) is 29.5. The lowest BCUT2D eigenvalue weighted by molar-refractivity contribution is -0.194. The Balaban J connectivity index is 1.77. The molecule has 0 saturated carbocycles. The Morgan fingerprint density at radius 1 is 0.523 bits per heavy atom. The first-order valence-corrected chi connectivity index (χ1v) is 30.6. The lowest BCUT2D eigenvalue weighted by Gasteiger charge is -2.21. The zero-order chi connectivity index (χ0) is 62.6. The summed E-state index contributed by atoms with van der Waals surface area (Å²) in [5.41, 5.74) is 0. The van der Waals surface area contributed by atoms with Gasteiger partial charge in [-0.15, -0.1) is 11.8 Å². The fraction of sp³-hybridized carbons (Fsp3) is 0.873. The average Bonchev–Trinajstić information content (AvgIpc) is 4.08. The quantitative estimate of drug-likeness (QED) is 0.0199. The molecule has 1 heterocycles. The molecule has 1 aliphatic heterocycles. The number of methoxy groups -OCH3 is 1. The van der Waals surface area contributed by atoms with E-state index in [1.54, 1.807) is 0 Å². The van der Waals surface area contributed by atoms with Crippen molar-refractivity contribution >= 4 is 53.2 Å². The molecule has 86 heavy (non-hydrogen) atoms. The van der Waals surface area contributed by atoms with Gasteiger partial charge in [-0.25, -0.2) is 0 Å². The molecule has 5 N–H and O–H groups in total. The maximum Gasteiger partial charge on any atom is 0.305 e. The van der Waals surface area contributed by atoms with Crippen molar-refractivity contribution < 1.29 is 119 Å². The molecule has 31 heteroatoms. The van der Waals surface area contributed by atoms with E-state index in [0.717, 1.165) is 4.90 Å². The molecular weight excluding hydrogens is 1160 g/mol. The molecule has 1 rings (SSSR count). The molecular formula is C55H101N5O25S. The van der Waals surface area contributed by atoms with E-state index in [-0.39, 0.29) is 120 Å². The predicted molar refractivity (Wildman–Crippen MR) is 309 cm³/mol. The lowest BCUT2D eigenvalue weighted by atomic mass is 10.2. The average molecular weight is 1260 g/mol. The Kier molecular flexibility index (Phi) is 56.0. The van der Waals surface area contributed by atoms with Crippen LogP contribution in [-0.4, -0.2) is 313 Å². The van der Waals surface area contributed by atoms with Crippen LogP contribution in [-0.2, 0) is 114 Å². The highest BCUT2D eigenvalue weighted by molar-refractivity contribution is 8.00. The molecule has 1 fully saturated rings. The van der Waals surface area contributed by atoms with Crippen LogP contribution in [0.25, 0.3) is 0 Å². The number of hydrogen-bond acceptors (Lipinski definition) is 26. The highest BCUT2D eigenvalue weighted by atomic mass is 32.2. The van der Waals surface area contributed by atoms with Gasteiger partial charge in [0.25, 0.3) is 0 Å². The molecule has 0 aromatic carbocycles. The molecule has 3 unspecified atom stereocenters. The SMILES string of the molecule is CCC(CO)OC(COC(=O)CCCC(=O)NCCSC1CC(=O)N(CCC(=O)NCCOCCOCCOCCOCCOCCOCCOCCOCCOCCOCCOCCOCCC(=O)NCCOCCOCC(=O)NC)C1=O)OC. The van der Waals surface area contributed by atoms with Crippen molar-refractivity contribution in [1.29, 1.82) is 0 Å². The summed E-state index contributed by atoms with van der Waals surface area (Å²) in [4.78, 5) is 85.9. The number of thioether (sulfide) groups is 1. The number of aliphatic hydroxyl groups is 1. The summed E-state index contributed by atoms with van der Waals surface area (Å²) in [5, 5.41) is 19.3. The molecule has 0 aromatic rings. The van der Waals surface area contributed by atoms with Crippen LogP contribution >= 0.6 is 11.8 Å². The summed E-state index contributed by atoms with van der Waals surface area (Å²) in [5.74, 6) is -1.71. The van der Waals surface area contributed by atoms with Crippen LogP contribution in [0.1, 0.15) is 51.9 Å². The highest BCUT2D eigenvalue weighted by Gasteiger charge is 2.38. The van der Waals surface area contributed by atoms with Crippen LogP contribution in [0.5, 0.6) is 0 Å². The molecule has 1 saturated heterocycles. The Bertz CT molecular complexity index is 1700. The number of carbonyl (C=O) groups is 7. The topological polar surface area (TPSA) is 348 Å². The van der Waals surface area contributed by atoms with Crippen molar-refractivity contribution in [3.05, 3.63) is 0 Å². The summed E-state index contributed by atoms with van der Waals surface area (Å²) in [7, 11) is 2.94. The smallest absolute Gasteiger partial charge is 0.305 e. The fourth-order valence-corrected chi connectivity index (χ4v) is 7.86. The molecule has 0 bridgehead atoms. The number of ether oxygens (including phenoxy) is 17. The summed E-state index contributed by atoms with van der Waals surface area (Å²) < 4.78 is 92.1. The largest absolute Gasteiger partial charge is 0.460 e. The van der Waals surface area contributed by atoms with Gasteiger partial charge in [0.15, 0.2) is 6.29 Å². The molecule has 0 aliphatic carbocycles. The predicted octanol–water partition coefficient (Wildman–Crippen LogP) is -1.57. The summed E-state index contributed by atoms with van der Waals surface area (Å²) in [6.07, 6.45) is -0.0361. The van der Waals surface area contributed by atoms with Crippen molar-refractivity contribution in [2.75, 3.05) is 244 Å². The van der Waals surface area contributed by atoms with Gasteiger partial charge >= 0.3 is 5.97 Å². The highest BCUT2D eigenvalue weighted by Crippen LogP contribution is 2.25. The van der Waals surface area contributed by atoms with Gasteiger partial charge in [0.05, 0.1) is 196 Å². The Morgan fingerprint density at radius 2 is 0.919 bits per heavy atom. The Labute approximate surface area is 510 Å². The number of aliphatic hydroxyl groups excluding tert-OH is 1. The van der Waals surface area contributed by atoms with E-state index in [2.05, 4.69) is 21.3 Å². The summed E-state index contributed by atoms with van der Waals surface area (Å²) in [6, 6.07) is 0. The van der Waals surface area contributed by atoms with Crippen molar-refractivity contribution in [2.45, 2.75) is 69.5 Å². The lowest BCUT2D eigenvalue weighted by Crippen LogP contribution is -2.36. The van der Waals surface area contributed by atoms with E-state index >= 15 is 0 Å². The standard InChI is InChI=1S/C55H101N5O25S/c1-4-46(43-61)85-54(69-3)45-84-53(67)7-5-6-48(62)59-12-41-86-47-42-52(66)60(55(47)68)13-8-49(63)57-10-15-71-18-20-74-22-24-76-26-28-78-30-32-80-34-36-82-38-37-81-35-33-79-31-29-77-27-25-75-23-21-73-19-17-70-14-9-50(64)58-11-16-72-39-40-83-44-51(65)56-2/h46-47,54,61H,4-45H2,1-3H3,(H,56,65)(H,57,63)(H,58,64)(H,59,62). The van der Waals surface area contributed by atoms with Crippen LogP contribution in [0.2, 0.25) is 0 Å². The van der Waals surface area contributed by atoms with Crippen LogP contribution in [0.3, 0.4) is 0 Å². The van der Waals surface area contributed by atoms with Crippen LogP contribution in [0.15, 0.2) is 0 Å². The number of rotatable bonds is 65. The second-order valence-electron chi connectivity index (χ2n) is 18.2. The Hall–Kier alpha value is -3.84. The first kappa shape index (κ1) is 80.2. The van der Waals surface area contributed by atoms with Crippen LogP contribution < -0.4 is 21.3 Å². The van der Waals surface area contributed by atoms with Gasteiger partial charge in [0, 0.05) is 78.2 Å². The number of likely N-dealkylation sites (N-methyl/N-ethyl adjacent to an activating group) is 1. The normalized spacial score (nSPS) is 14.0. The summed E-state index contributed by atoms with van der Waals surface area (Å²) >= 11 is 1.26. The van der Waals surface area contributed by atoms with Crippen LogP contribution in [0.4, 0.5) is 0 Å². The van der Waals surface area contributed by atoms with E-state index in [4.69, 9.17) is 80.5 Å². The van der Waals surface area contributed by atoms with Crippen molar-refractivity contribution in [2.24, 2.45) is 0 Å². The molecule has 0 spiro atoms. The van der Waals surface area contributed by atoms with Gasteiger partial charge in [-0.2, -0.15) is 0 Å². The van der Waals surface area contributed by atoms with Crippen molar-refractivity contribution in [1.82, 2.24) is 26.2 Å². The molecule has 30 nitrogen and oxygen atoms in total. The number of nitrogens with one attached hydrogen (secondary N) is 4. The number of hydrogen-bond donors (Lipinski definition) is 5. The van der Waals surface area contributed by atoms with Gasteiger partial charge < -0.3 is 107 Å². The number of amides is 6. The zero-order valence-electron chi connectivity index (χ0n) is 51.0. The second-order valence-corrected chi connectivity index (χ2v) is 19.5. The Morgan fingerprint density at radius 3 is 1.34 bits per heavy atom. The second kappa shape index (κ2) is 60.1. The maximum atomic E-state index is 12.8. The minimum atomic E-state index is -0.806. The fourth-order valence-electron chi connectivity index (χ4n) is 6.83. The van der Waals surface area contributed by atoms with Gasteiger partial charge in [-0.1, -0.05) is 6.92 Å². The van der Waals surface area contributed by atoms with E-state index < -0.39 is 23.6 Å². The molecule has 0 aromatic heterocycles. The third kappa shape index (κ3) is 50.1. The number of nitrogens with zero attached hydrogens (tertiary/aromatic N) is 1. The number of carbonyl (C=O) groups excluding carboxylic acids is 7. The maximum absolute atomic E-state index is 12.8. The molecule has 0 radical (unpaired) electrons. The summed E-state index contributed by atoms with van der Waals surface area (Å²) in [6.45, 7) is 13.2. The van der Waals surface area contributed by atoms with E-state index in [1.165, 1.54) is 25.9 Å². The molecule has 1 aliphatic rings. The van der Waals surface area contributed by atoms with Crippen LogP contribution in [0, 0.1) is 0 Å². The zero-order valence-corrected chi connectivity index (χ0v) is 51.8. The monoisotopic (exact) mass is 1260 g/mol. The van der Waals surface area contributed by atoms with E-state index in [9.17, 15) is 38.7 Å². The third-order valence-corrected chi connectivity index (χ3v) is 12.7. The van der Waals surface area contributed by atoms with Gasteiger partial charge in [0.2, 0.25) is 35.4 Å². The molecule has 502 valence electrons. The number of imide groups is 1. The molecule has 6 amide bonds. The van der Waals surface area contributed by atoms with Gasteiger partial charge in [0.1, 0.15) is 13.2 Å². The van der Waals surface area contributed by atoms with E-state index in [1.807, 2.05) is 6.92 Å². The third-order valence-electron chi connectivity index (χ3n) is 11.5. The van der Waals surface area contributed by atoms with Crippen molar-refractivity contribution in [3.63, 3.8) is 0 Å². The first-order chi connectivity index (χ1) is 42.0. The van der Waals surface area contributed by atoms with E-state index in [0.29, 0.717) is 190 Å². The molecule has 3 atom stereocenters.